The average Bonchev–Trinajstić information content (AvgIpc) is 2.85. The third kappa shape index (κ3) is 31.7. The smallest absolute Gasteiger partial charge is 0.0351 e. The zero-order chi connectivity index (χ0) is 24.6. The Balaban J connectivity index is 3.04. The average molecular weight is 478 g/mol. The fourth-order valence-corrected chi connectivity index (χ4v) is 4.99. The normalized spacial score (nSPS) is 11.7. The molecule has 0 aromatic rings. The summed E-state index contributed by atoms with van der Waals surface area (Å²) >= 11 is 0. The Morgan fingerprint density at radius 3 is 1.18 bits per heavy atom. The van der Waals surface area contributed by atoms with Gasteiger partial charge in [-0.1, -0.05) is 187 Å². The molecule has 0 aliphatic rings. The highest BCUT2D eigenvalue weighted by Crippen LogP contribution is 2.15. The van der Waals surface area contributed by atoms with Gasteiger partial charge in [0.1, 0.15) is 0 Å². The third-order valence-corrected chi connectivity index (χ3v) is 7.43. The lowest BCUT2D eigenvalue weighted by Crippen LogP contribution is -1.85. The van der Waals surface area contributed by atoms with Crippen LogP contribution in [0.3, 0.4) is 0 Å². The monoisotopic (exact) mass is 478 g/mol. The lowest BCUT2D eigenvalue weighted by Gasteiger charge is -2.04. The van der Waals surface area contributed by atoms with Crippen LogP contribution in [0.15, 0.2) is 12.2 Å². The van der Waals surface area contributed by atoms with Crippen molar-refractivity contribution in [1.82, 2.24) is 0 Å². The molecular formula is C34H67. The molecule has 0 heteroatoms. The van der Waals surface area contributed by atoms with Crippen LogP contribution in [0.1, 0.15) is 200 Å². The van der Waals surface area contributed by atoms with Gasteiger partial charge in [0.15, 0.2) is 0 Å². The van der Waals surface area contributed by atoms with Crippen LogP contribution in [0, 0.1) is 6.42 Å². The molecule has 0 aliphatic heterocycles. The topological polar surface area (TPSA) is 0 Å². The molecule has 0 amide bonds. The maximum atomic E-state index is 2.57. The second-order valence-corrected chi connectivity index (χ2v) is 11.0. The fourth-order valence-electron chi connectivity index (χ4n) is 4.99. The van der Waals surface area contributed by atoms with E-state index in [-0.39, 0.29) is 0 Å². The van der Waals surface area contributed by atoms with Gasteiger partial charge in [-0.05, 0) is 32.1 Å². The van der Waals surface area contributed by atoms with Crippen LogP contribution in [0.5, 0.6) is 0 Å². The lowest BCUT2D eigenvalue weighted by atomic mass is 10.1. The molecule has 203 valence electrons. The van der Waals surface area contributed by atoms with Gasteiger partial charge in [-0.2, -0.15) is 0 Å². The molecule has 0 heterocycles. The van der Waals surface area contributed by atoms with E-state index in [9.17, 15) is 0 Å². The summed E-state index contributed by atoms with van der Waals surface area (Å²) in [4.78, 5) is 0. The summed E-state index contributed by atoms with van der Waals surface area (Å²) in [6.07, 6.45) is 48.9. The Morgan fingerprint density at radius 2 is 0.735 bits per heavy atom. The first kappa shape index (κ1) is 33.7. The second kappa shape index (κ2) is 32.7. The van der Waals surface area contributed by atoms with Crippen molar-refractivity contribution in [2.45, 2.75) is 200 Å². The summed E-state index contributed by atoms with van der Waals surface area (Å²) in [7, 11) is 0. The first-order chi connectivity index (χ1) is 16.9. The molecule has 34 heavy (non-hydrogen) atoms. The molecule has 0 N–H and O–H groups in total. The Hall–Kier alpha value is -0.260. The van der Waals surface area contributed by atoms with Gasteiger partial charge in [0, 0.05) is 0 Å². The van der Waals surface area contributed by atoms with Crippen LogP contribution in [0.2, 0.25) is 0 Å². The zero-order valence-electron chi connectivity index (χ0n) is 24.2. The first-order valence-electron chi connectivity index (χ1n) is 16.4. The summed E-state index contributed by atoms with van der Waals surface area (Å²) in [5.74, 6) is 0. The van der Waals surface area contributed by atoms with E-state index < -0.39 is 0 Å². The van der Waals surface area contributed by atoms with Gasteiger partial charge in [-0.3, -0.25) is 0 Å². The van der Waals surface area contributed by atoms with Crippen LogP contribution >= 0.6 is 0 Å². The maximum Gasteiger partial charge on any atom is -0.0351 e. The molecule has 0 aromatic heterocycles. The molecule has 1 radical (unpaired) electrons. The van der Waals surface area contributed by atoms with E-state index >= 15 is 0 Å². The molecule has 0 saturated heterocycles. The van der Waals surface area contributed by atoms with Crippen molar-refractivity contribution in [3.05, 3.63) is 18.6 Å². The van der Waals surface area contributed by atoms with E-state index in [4.69, 9.17) is 0 Å². The predicted octanol–water partition coefficient (Wildman–Crippen LogP) is 13.1. The molecular weight excluding hydrogens is 410 g/mol. The molecule has 0 atom stereocenters. The van der Waals surface area contributed by atoms with Gasteiger partial charge in [0.05, 0.1) is 0 Å². The summed E-state index contributed by atoms with van der Waals surface area (Å²) in [6, 6.07) is 0. The van der Waals surface area contributed by atoms with Gasteiger partial charge in [-0.15, -0.1) is 0 Å². The maximum absolute atomic E-state index is 2.57. The third-order valence-electron chi connectivity index (χ3n) is 7.43. The van der Waals surface area contributed by atoms with Crippen LogP contribution in [0.4, 0.5) is 0 Å². The van der Waals surface area contributed by atoms with Crippen LogP contribution < -0.4 is 0 Å². The highest BCUT2D eigenvalue weighted by molar-refractivity contribution is 4.81. The molecule has 0 spiro atoms. The van der Waals surface area contributed by atoms with Crippen molar-refractivity contribution >= 4 is 0 Å². The highest BCUT2D eigenvalue weighted by atomic mass is 14.8. The Kier molecular flexibility index (Phi) is 32.5. The van der Waals surface area contributed by atoms with Crippen molar-refractivity contribution < 1.29 is 0 Å². The summed E-state index contributed by atoms with van der Waals surface area (Å²) in [6.45, 7) is 4.60. The zero-order valence-corrected chi connectivity index (χ0v) is 24.2. The second-order valence-electron chi connectivity index (χ2n) is 11.0. The van der Waals surface area contributed by atoms with Crippen molar-refractivity contribution in [3.63, 3.8) is 0 Å². The van der Waals surface area contributed by atoms with Gasteiger partial charge < -0.3 is 0 Å². The summed E-state index contributed by atoms with van der Waals surface area (Å²) in [5.41, 5.74) is 0. The SMILES string of the molecule is CCCCCCCC/C=C\CCCCCCC[CH]C[14CH2]CCCCCCCCCCCCCC. The van der Waals surface area contributed by atoms with Crippen LogP contribution in [0.25, 0.3) is 0 Å². The number of allylic oxidation sites excluding steroid dienone is 2. The van der Waals surface area contributed by atoms with Crippen molar-refractivity contribution in [1.29, 1.82) is 0 Å². The number of rotatable bonds is 30. The Labute approximate surface area is 218 Å². The van der Waals surface area contributed by atoms with E-state index in [2.05, 4.69) is 32.4 Å². The van der Waals surface area contributed by atoms with E-state index in [0.717, 1.165) is 0 Å². The van der Waals surface area contributed by atoms with Crippen molar-refractivity contribution in [2.75, 3.05) is 0 Å². The summed E-state index contributed by atoms with van der Waals surface area (Å²) < 4.78 is 0. The molecule has 0 fully saturated rings. The molecule has 0 rings (SSSR count). The predicted molar refractivity (Wildman–Crippen MR) is 159 cm³/mol. The minimum absolute atomic E-state index is 1.31. The molecule has 0 bridgehead atoms. The fraction of sp³-hybridized carbons (Fsp3) is 0.912. The largest absolute Gasteiger partial charge is 0.0885 e. The van der Waals surface area contributed by atoms with Crippen molar-refractivity contribution in [3.8, 4) is 0 Å². The Bertz CT molecular complexity index is 355. The minimum Gasteiger partial charge on any atom is -0.0885 e. The Morgan fingerprint density at radius 1 is 0.382 bits per heavy atom. The van der Waals surface area contributed by atoms with Gasteiger partial charge in [-0.25, -0.2) is 0 Å². The molecule has 0 aromatic carbocycles. The quantitative estimate of drug-likeness (QED) is 0.0712. The molecule has 0 nitrogen and oxygen atoms in total. The van der Waals surface area contributed by atoms with Gasteiger partial charge in [0.2, 0.25) is 0 Å². The molecule has 0 saturated carbocycles. The van der Waals surface area contributed by atoms with Crippen LogP contribution in [-0.4, -0.2) is 0 Å². The summed E-state index contributed by atoms with van der Waals surface area (Å²) in [5, 5.41) is 0. The van der Waals surface area contributed by atoms with Crippen LogP contribution in [-0.2, 0) is 0 Å². The standard InChI is InChI=1S/C34H67/c1-3-5-7-9-11-13-15-17-19-21-23-25-27-29-31-33-34-32-30-28-26-24-22-20-18-16-14-12-10-8-6-4-2/h17,19,34H,3-16,18,20-33H2,1-2H3/b19-17-/i30+2. The van der Waals surface area contributed by atoms with Gasteiger partial charge >= 0.3 is 0 Å². The van der Waals surface area contributed by atoms with Gasteiger partial charge in [0.25, 0.3) is 0 Å². The number of hydrogen-bond acceptors (Lipinski definition) is 0. The lowest BCUT2D eigenvalue weighted by molar-refractivity contribution is 0.533. The highest BCUT2D eigenvalue weighted by Gasteiger charge is 1.96. The first-order valence-corrected chi connectivity index (χ1v) is 16.4. The van der Waals surface area contributed by atoms with E-state index in [1.54, 1.807) is 0 Å². The molecule has 0 aliphatic carbocycles. The van der Waals surface area contributed by atoms with E-state index in [1.807, 2.05) is 0 Å². The van der Waals surface area contributed by atoms with E-state index in [0.29, 0.717) is 0 Å². The van der Waals surface area contributed by atoms with E-state index in [1.165, 1.54) is 186 Å². The number of hydrogen-bond donors (Lipinski definition) is 0. The molecule has 0 unspecified atom stereocenters. The minimum atomic E-state index is 1.31. The van der Waals surface area contributed by atoms with Crippen molar-refractivity contribution in [2.24, 2.45) is 0 Å². The number of unbranched alkanes of at least 4 members (excludes halogenated alkanes) is 28.